The summed E-state index contributed by atoms with van der Waals surface area (Å²) in [6.07, 6.45) is 3.26. The van der Waals surface area contributed by atoms with Gasteiger partial charge in [-0.3, -0.25) is 18.5 Å². The molecule has 0 bridgehead atoms. The number of non-ortho nitro benzene ring substituents is 1. The van der Waals surface area contributed by atoms with Gasteiger partial charge in [0.25, 0.3) is 25.9 Å². The minimum Gasteiger partial charge on any atom is -0.258 e. The Balaban J connectivity index is 1.75. The molecule has 15 heteroatoms. The van der Waals surface area contributed by atoms with Gasteiger partial charge in [-0.1, -0.05) is 71.6 Å². The van der Waals surface area contributed by atoms with Gasteiger partial charge in [-0.15, -0.1) is 0 Å². The largest absolute Gasteiger partial charge is 0.269 e. The normalized spacial score (nSPS) is 11.1. The summed E-state index contributed by atoms with van der Waals surface area (Å²) in [5.74, 6) is 22.8. The minimum absolute atomic E-state index is 0.0857. The zero-order valence-corrected chi connectivity index (χ0v) is 29.5. The Bertz CT molecular complexity index is 2280. The number of sulfonamides is 1. The molecule has 0 N–H and O–H groups in total. The molecule has 12 nitrogen and oxygen atoms in total. The maximum absolute atomic E-state index is 13.6. The molecule has 0 saturated carbocycles. The lowest BCUT2D eigenvalue weighted by atomic mass is 10.1. The SMILES string of the molecule is CS(=O)(=O)OCC#Cc1ccccc1C#CCCCCN(CC#Cc1ccccc1C#CCOS(C)(=O)=O)S(=O)(=O)c1ccc([N+](=O)[O-])cc1. The smallest absolute Gasteiger partial charge is 0.258 e. The van der Waals surface area contributed by atoms with Gasteiger partial charge in [0, 0.05) is 47.4 Å². The molecule has 0 aliphatic rings. The highest BCUT2D eigenvalue weighted by Crippen LogP contribution is 2.20. The number of nitro benzene ring substituents is 1. The monoisotopic (exact) mass is 736 g/mol. The van der Waals surface area contributed by atoms with Crippen LogP contribution in [0.2, 0.25) is 0 Å². The Kier molecular flexibility index (Phi) is 14.8. The number of rotatable bonds is 12. The van der Waals surface area contributed by atoms with Crippen LogP contribution in [0.15, 0.2) is 77.7 Å². The first kappa shape index (κ1) is 39.5. The van der Waals surface area contributed by atoms with E-state index < -0.39 is 35.2 Å². The summed E-state index contributed by atoms with van der Waals surface area (Å²) in [7, 11) is -11.3. The first-order valence-corrected chi connectivity index (χ1v) is 19.8. The lowest BCUT2D eigenvalue weighted by Crippen LogP contribution is -2.32. The van der Waals surface area contributed by atoms with E-state index in [1.807, 2.05) is 0 Å². The van der Waals surface area contributed by atoms with E-state index in [9.17, 15) is 35.4 Å². The fourth-order valence-corrected chi connectivity index (χ4v) is 5.92. The molecule has 0 aliphatic heterocycles. The van der Waals surface area contributed by atoms with Crippen molar-refractivity contribution in [3.8, 4) is 47.4 Å². The molecule has 260 valence electrons. The van der Waals surface area contributed by atoms with E-state index in [1.165, 1.54) is 16.4 Å². The molecule has 0 unspecified atom stereocenters. The molecule has 0 atom stereocenters. The van der Waals surface area contributed by atoms with Gasteiger partial charge in [-0.25, -0.2) is 8.42 Å². The van der Waals surface area contributed by atoms with E-state index in [1.54, 1.807) is 48.5 Å². The van der Waals surface area contributed by atoms with E-state index in [-0.39, 0.29) is 36.9 Å². The van der Waals surface area contributed by atoms with Crippen LogP contribution in [0.1, 0.15) is 41.5 Å². The van der Waals surface area contributed by atoms with Crippen molar-refractivity contribution in [3.63, 3.8) is 0 Å². The third-order valence-electron chi connectivity index (χ3n) is 6.34. The lowest BCUT2D eigenvalue weighted by molar-refractivity contribution is -0.384. The predicted octanol–water partition coefficient (Wildman–Crippen LogP) is 3.51. The Morgan fingerprint density at radius 1 is 0.640 bits per heavy atom. The van der Waals surface area contributed by atoms with Crippen LogP contribution >= 0.6 is 0 Å². The van der Waals surface area contributed by atoms with Gasteiger partial charge in [0.2, 0.25) is 10.0 Å². The Labute approximate surface area is 293 Å². The summed E-state index contributed by atoms with van der Waals surface area (Å²) in [5.41, 5.74) is 1.99. The van der Waals surface area contributed by atoms with E-state index in [0.29, 0.717) is 41.5 Å². The highest BCUT2D eigenvalue weighted by Gasteiger charge is 2.24. The van der Waals surface area contributed by atoms with Crippen molar-refractivity contribution >= 4 is 35.9 Å². The zero-order chi connectivity index (χ0) is 36.6. The maximum Gasteiger partial charge on any atom is 0.269 e. The van der Waals surface area contributed by atoms with Crippen molar-refractivity contribution in [1.82, 2.24) is 4.31 Å². The highest BCUT2D eigenvalue weighted by atomic mass is 32.2. The second-order valence-electron chi connectivity index (χ2n) is 10.3. The van der Waals surface area contributed by atoms with Gasteiger partial charge in [0.05, 0.1) is 28.9 Å². The predicted molar refractivity (Wildman–Crippen MR) is 188 cm³/mol. The molecule has 0 saturated heterocycles. The first-order chi connectivity index (χ1) is 23.7. The molecule has 3 aromatic rings. The summed E-state index contributed by atoms with van der Waals surface area (Å²) in [5, 5.41) is 11.1. The molecular formula is C35H32N2O10S3. The Morgan fingerprint density at radius 3 is 1.52 bits per heavy atom. The van der Waals surface area contributed by atoms with Crippen LogP contribution in [0.3, 0.4) is 0 Å². The van der Waals surface area contributed by atoms with Crippen LogP contribution in [0.4, 0.5) is 5.69 Å². The van der Waals surface area contributed by atoms with E-state index in [0.717, 1.165) is 24.6 Å². The molecule has 50 heavy (non-hydrogen) atoms. The topological polar surface area (TPSA) is 167 Å². The number of hydrogen-bond acceptors (Lipinski definition) is 10. The van der Waals surface area contributed by atoms with Crippen LogP contribution in [0.5, 0.6) is 0 Å². The molecule has 0 fully saturated rings. The van der Waals surface area contributed by atoms with Crippen molar-refractivity contribution in [2.75, 3.05) is 38.8 Å². The Morgan fingerprint density at radius 2 is 1.08 bits per heavy atom. The average molecular weight is 737 g/mol. The van der Waals surface area contributed by atoms with Gasteiger partial charge in [-0.2, -0.15) is 21.1 Å². The van der Waals surface area contributed by atoms with Gasteiger partial charge in [0.15, 0.2) is 0 Å². The molecule has 0 aliphatic carbocycles. The molecule has 0 aromatic heterocycles. The fourth-order valence-electron chi connectivity index (χ4n) is 3.99. The number of unbranched alkanes of at least 4 members (excludes halogenated alkanes) is 2. The van der Waals surface area contributed by atoms with Crippen molar-refractivity contribution in [2.24, 2.45) is 0 Å². The van der Waals surface area contributed by atoms with Crippen molar-refractivity contribution in [1.29, 1.82) is 0 Å². The third-order valence-corrected chi connectivity index (χ3v) is 9.29. The summed E-state index contributed by atoms with van der Waals surface area (Å²) in [6.45, 7) is -0.732. The molecule has 3 aromatic carbocycles. The van der Waals surface area contributed by atoms with Crippen molar-refractivity contribution < 1.29 is 38.5 Å². The minimum atomic E-state index is -4.09. The molecule has 3 rings (SSSR count). The number of benzene rings is 3. The van der Waals surface area contributed by atoms with Gasteiger partial charge >= 0.3 is 0 Å². The molecule has 0 amide bonds. The van der Waals surface area contributed by atoms with Gasteiger partial charge in [0.1, 0.15) is 13.2 Å². The summed E-state index contributed by atoms with van der Waals surface area (Å²) >= 11 is 0. The molecular weight excluding hydrogens is 705 g/mol. The van der Waals surface area contributed by atoms with Crippen molar-refractivity contribution in [2.45, 2.75) is 24.2 Å². The quantitative estimate of drug-likeness (QED) is 0.0883. The number of nitrogens with zero attached hydrogens (tertiary/aromatic N) is 2. The van der Waals surface area contributed by atoms with Gasteiger partial charge in [-0.05, 0) is 49.2 Å². The summed E-state index contributed by atoms with van der Waals surface area (Å²) in [4.78, 5) is 10.4. The van der Waals surface area contributed by atoms with Crippen LogP contribution < -0.4 is 0 Å². The van der Waals surface area contributed by atoms with E-state index in [2.05, 4.69) is 55.7 Å². The van der Waals surface area contributed by atoms with Crippen LogP contribution in [0, 0.1) is 57.5 Å². The van der Waals surface area contributed by atoms with E-state index in [4.69, 9.17) is 0 Å². The molecule has 0 heterocycles. The van der Waals surface area contributed by atoms with Crippen LogP contribution in [0.25, 0.3) is 0 Å². The van der Waals surface area contributed by atoms with Crippen LogP contribution in [-0.2, 0) is 38.6 Å². The summed E-state index contributed by atoms with van der Waals surface area (Å²) in [6, 6.07) is 18.5. The number of hydrogen-bond donors (Lipinski definition) is 0. The standard InChI is InChI=1S/C35H32N2O10S3/c1-48(40,41)46-28-12-20-32-17-8-6-15-30(32)14-5-3-4-10-26-36(50(44,45)35-24-22-34(23-25-35)37(38)39)27-11-19-31-16-7-9-18-33(31)21-13-29-47-49(2,42)43/h6-9,15-18,22-25H,3-4,10,26-29H2,1-2H3. The average Bonchev–Trinajstić information content (AvgIpc) is 3.06. The second kappa shape index (κ2) is 18.7. The van der Waals surface area contributed by atoms with Crippen molar-refractivity contribution in [3.05, 3.63) is 105 Å². The fraction of sp³-hybridized carbons (Fsp3) is 0.257. The van der Waals surface area contributed by atoms with Gasteiger partial charge < -0.3 is 0 Å². The molecule has 0 radical (unpaired) electrons. The molecule has 0 spiro atoms. The summed E-state index contributed by atoms with van der Waals surface area (Å²) < 4.78 is 82.3. The zero-order valence-electron chi connectivity index (χ0n) is 27.1. The van der Waals surface area contributed by atoms with Crippen LogP contribution in [-0.4, -0.2) is 73.3 Å². The second-order valence-corrected chi connectivity index (χ2v) is 15.5. The third kappa shape index (κ3) is 13.9. The lowest BCUT2D eigenvalue weighted by Gasteiger charge is -2.19. The van der Waals surface area contributed by atoms with E-state index >= 15 is 0 Å². The maximum atomic E-state index is 13.6. The Hall–Kier alpha value is -4.97. The highest BCUT2D eigenvalue weighted by molar-refractivity contribution is 7.89. The number of nitro groups is 1. The first-order valence-electron chi connectivity index (χ1n) is 14.7.